The number of aliphatic carboxylic acids is 1. The Bertz CT molecular complexity index is 281. The first-order chi connectivity index (χ1) is 9.27. The summed E-state index contributed by atoms with van der Waals surface area (Å²) in [4.78, 5) is 10.8. The van der Waals surface area contributed by atoms with Crippen molar-refractivity contribution in [1.82, 2.24) is 0 Å². The van der Waals surface area contributed by atoms with Crippen LogP contribution in [-0.4, -0.2) is 60.7 Å². The Balaban J connectivity index is 3.82. The molecule has 1 atom stereocenters. The molecule has 0 saturated carbocycles. The molecule has 120 valence electrons. The first-order valence-electron chi connectivity index (χ1n) is 7.60. The number of unbranched alkanes of at least 4 members (excludes halogenated alkanes) is 4. The minimum absolute atomic E-state index is 0.141. The lowest BCUT2D eigenvalue weighted by Gasteiger charge is -2.30. The standard InChI is InChI=1S/C15H31NO4/c1-5-6-9-12-16(2,3)13-10-7-8-11-15(19,20-4)14(17)18/h19H,5-13H2,1-4H3/p+1. The largest absolute Gasteiger partial charge is 0.477 e. The van der Waals surface area contributed by atoms with E-state index in [0.29, 0.717) is 6.42 Å². The molecule has 5 heteroatoms. The molecule has 0 aliphatic rings. The predicted molar refractivity (Wildman–Crippen MR) is 79.4 cm³/mol. The topological polar surface area (TPSA) is 66.8 Å². The first-order valence-corrected chi connectivity index (χ1v) is 7.60. The van der Waals surface area contributed by atoms with Crippen molar-refractivity contribution in [3.63, 3.8) is 0 Å². The van der Waals surface area contributed by atoms with Gasteiger partial charge in [0.15, 0.2) is 0 Å². The second-order valence-corrected chi connectivity index (χ2v) is 6.19. The van der Waals surface area contributed by atoms with Crippen LogP contribution >= 0.6 is 0 Å². The van der Waals surface area contributed by atoms with Gasteiger partial charge in [0.05, 0.1) is 27.2 Å². The van der Waals surface area contributed by atoms with E-state index < -0.39 is 11.8 Å². The highest BCUT2D eigenvalue weighted by Crippen LogP contribution is 2.17. The van der Waals surface area contributed by atoms with Gasteiger partial charge in [0.25, 0.3) is 5.79 Å². The summed E-state index contributed by atoms with van der Waals surface area (Å²) in [6.45, 7) is 4.48. The number of nitrogens with zero attached hydrogens (tertiary/aromatic N) is 1. The van der Waals surface area contributed by atoms with E-state index in [9.17, 15) is 9.90 Å². The molecule has 0 fully saturated rings. The van der Waals surface area contributed by atoms with E-state index in [1.807, 2.05) is 0 Å². The summed E-state index contributed by atoms with van der Waals surface area (Å²) >= 11 is 0. The van der Waals surface area contributed by atoms with Crippen LogP contribution < -0.4 is 0 Å². The van der Waals surface area contributed by atoms with Gasteiger partial charge in [-0.15, -0.1) is 0 Å². The van der Waals surface area contributed by atoms with Crippen LogP contribution in [0.2, 0.25) is 0 Å². The molecule has 0 saturated heterocycles. The van der Waals surface area contributed by atoms with Gasteiger partial charge in [-0.2, -0.15) is 0 Å². The van der Waals surface area contributed by atoms with Crippen LogP contribution in [0, 0.1) is 0 Å². The maximum atomic E-state index is 10.8. The van der Waals surface area contributed by atoms with Crippen molar-refractivity contribution in [3.05, 3.63) is 0 Å². The van der Waals surface area contributed by atoms with Crippen molar-refractivity contribution in [3.8, 4) is 0 Å². The summed E-state index contributed by atoms with van der Waals surface area (Å²) in [5.41, 5.74) is 0. The summed E-state index contributed by atoms with van der Waals surface area (Å²) in [5, 5.41) is 18.5. The van der Waals surface area contributed by atoms with Crippen LogP contribution in [0.3, 0.4) is 0 Å². The number of ether oxygens (including phenoxy) is 1. The van der Waals surface area contributed by atoms with E-state index in [0.717, 1.165) is 23.9 Å². The molecule has 5 nitrogen and oxygen atoms in total. The van der Waals surface area contributed by atoms with Crippen LogP contribution in [0.4, 0.5) is 0 Å². The second kappa shape index (κ2) is 9.32. The fraction of sp³-hybridized carbons (Fsp3) is 0.933. The van der Waals surface area contributed by atoms with Crippen molar-refractivity contribution in [2.75, 3.05) is 34.3 Å². The lowest BCUT2D eigenvalue weighted by molar-refractivity contribution is -0.890. The number of carboxylic acid groups (broad SMARTS) is 1. The lowest BCUT2D eigenvalue weighted by Crippen LogP contribution is -2.41. The third-order valence-electron chi connectivity index (χ3n) is 3.82. The molecule has 0 radical (unpaired) electrons. The molecule has 0 amide bonds. The molecule has 0 bridgehead atoms. The van der Waals surface area contributed by atoms with Gasteiger partial charge in [-0.1, -0.05) is 13.3 Å². The first kappa shape index (κ1) is 19.4. The zero-order valence-corrected chi connectivity index (χ0v) is 13.5. The quantitative estimate of drug-likeness (QED) is 0.329. The maximum Gasteiger partial charge on any atom is 0.364 e. The molecular formula is C15H32NO4+. The number of hydrogen-bond donors (Lipinski definition) is 2. The third-order valence-corrected chi connectivity index (χ3v) is 3.82. The SMILES string of the molecule is CCCCC[N+](C)(C)CCCCCC(O)(OC)C(=O)O. The average Bonchev–Trinajstić information content (AvgIpc) is 2.37. The van der Waals surface area contributed by atoms with Gasteiger partial charge in [0, 0.05) is 13.5 Å². The smallest absolute Gasteiger partial charge is 0.364 e. The van der Waals surface area contributed by atoms with Gasteiger partial charge in [-0.3, -0.25) is 0 Å². The Labute approximate surface area is 123 Å². The molecule has 0 aromatic carbocycles. The molecule has 2 N–H and O–H groups in total. The van der Waals surface area contributed by atoms with Gasteiger partial charge in [0.2, 0.25) is 0 Å². The minimum atomic E-state index is -2.02. The zero-order chi connectivity index (χ0) is 15.6. The molecule has 0 aliphatic carbocycles. The van der Waals surface area contributed by atoms with E-state index in [4.69, 9.17) is 5.11 Å². The number of methoxy groups -OCH3 is 1. The molecule has 0 rings (SSSR count). The number of quaternary nitrogens is 1. The van der Waals surface area contributed by atoms with E-state index in [-0.39, 0.29) is 6.42 Å². The summed E-state index contributed by atoms with van der Waals surface area (Å²) in [5.74, 6) is -3.33. The third kappa shape index (κ3) is 7.82. The van der Waals surface area contributed by atoms with E-state index in [1.54, 1.807) is 0 Å². The minimum Gasteiger partial charge on any atom is -0.477 e. The Morgan fingerprint density at radius 2 is 1.65 bits per heavy atom. The fourth-order valence-corrected chi connectivity index (χ4v) is 2.28. The Morgan fingerprint density at radius 1 is 1.10 bits per heavy atom. The van der Waals surface area contributed by atoms with E-state index >= 15 is 0 Å². The highest BCUT2D eigenvalue weighted by molar-refractivity contribution is 5.75. The van der Waals surface area contributed by atoms with Gasteiger partial charge >= 0.3 is 5.97 Å². The Morgan fingerprint density at radius 3 is 2.10 bits per heavy atom. The Kier molecular flexibility index (Phi) is 9.01. The van der Waals surface area contributed by atoms with Crippen molar-refractivity contribution in [1.29, 1.82) is 0 Å². The zero-order valence-electron chi connectivity index (χ0n) is 13.5. The van der Waals surface area contributed by atoms with Gasteiger partial charge in [-0.25, -0.2) is 4.79 Å². The van der Waals surface area contributed by atoms with Crippen molar-refractivity contribution in [2.24, 2.45) is 0 Å². The maximum absolute atomic E-state index is 10.8. The molecule has 20 heavy (non-hydrogen) atoms. The molecule has 0 aromatic heterocycles. The summed E-state index contributed by atoms with van der Waals surface area (Å²) in [7, 11) is 5.69. The van der Waals surface area contributed by atoms with Crippen LogP contribution in [0.25, 0.3) is 0 Å². The average molecular weight is 290 g/mol. The van der Waals surface area contributed by atoms with Crippen molar-refractivity contribution < 1.29 is 24.2 Å². The van der Waals surface area contributed by atoms with Crippen LogP contribution in [0.15, 0.2) is 0 Å². The molecule has 0 spiro atoms. The van der Waals surface area contributed by atoms with E-state index in [1.165, 1.54) is 32.9 Å². The number of hydrogen-bond acceptors (Lipinski definition) is 3. The normalized spacial score (nSPS) is 15.1. The summed E-state index contributed by atoms with van der Waals surface area (Å²) < 4.78 is 5.67. The van der Waals surface area contributed by atoms with Crippen LogP contribution in [-0.2, 0) is 9.53 Å². The molecule has 0 aliphatic heterocycles. The lowest BCUT2D eigenvalue weighted by atomic mass is 10.1. The number of carboxylic acids is 1. The Hall–Kier alpha value is -0.650. The number of carbonyl (C=O) groups is 1. The molecule has 0 heterocycles. The summed E-state index contributed by atoms with van der Waals surface area (Å²) in [6, 6.07) is 0. The predicted octanol–water partition coefficient (Wildman–Crippen LogP) is 2.23. The van der Waals surface area contributed by atoms with Crippen molar-refractivity contribution >= 4 is 5.97 Å². The molecule has 1 unspecified atom stereocenters. The van der Waals surface area contributed by atoms with Gasteiger partial charge in [0.1, 0.15) is 0 Å². The van der Waals surface area contributed by atoms with Gasteiger partial charge < -0.3 is 19.4 Å². The highest BCUT2D eigenvalue weighted by atomic mass is 16.6. The van der Waals surface area contributed by atoms with Crippen LogP contribution in [0.5, 0.6) is 0 Å². The molecule has 0 aromatic rings. The monoisotopic (exact) mass is 290 g/mol. The molecular weight excluding hydrogens is 258 g/mol. The highest BCUT2D eigenvalue weighted by Gasteiger charge is 2.35. The number of aliphatic hydroxyl groups is 1. The summed E-state index contributed by atoms with van der Waals surface area (Å²) in [6.07, 6.45) is 6.53. The second-order valence-electron chi connectivity index (χ2n) is 6.19. The fourth-order valence-electron chi connectivity index (χ4n) is 2.28. The van der Waals surface area contributed by atoms with E-state index in [2.05, 4.69) is 25.8 Å². The van der Waals surface area contributed by atoms with Crippen LogP contribution in [0.1, 0.15) is 51.9 Å². The van der Waals surface area contributed by atoms with Crippen molar-refractivity contribution in [2.45, 2.75) is 57.7 Å². The van der Waals surface area contributed by atoms with Gasteiger partial charge in [-0.05, 0) is 32.1 Å². The number of rotatable bonds is 12.